The number of hydrogen-bond donors (Lipinski definition) is 0. The molecule has 0 bridgehead atoms. The number of amides is 1. The summed E-state index contributed by atoms with van der Waals surface area (Å²) in [5.41, 5.74) is 1.97. The molecule has 31 heavy (non-hydrogen) atoms. The predicted octanol–water partition coefficient (Wildman–Crippen LogP) is 4.23. The molecule has 6 nitrogen and oxygen atoms in total. The van der Waals surface area contributed by atoms with Crippen molar-refractivity contribution in [2.75, 3.05) is 27.3 Å². The Hall–Kier alpha value is -3.28. The fourth-order valence-corrected chi connectivity index (χ4v) is 4.16. The minimum absolute atomic E-state index is 0.106. The molecule has 1 fully saturated rings. The molecule has 1 amide bonds. The van der Waals surface area contributed by atoms with Crippen LogP contribution in [0.25, 0.3) is 0 Å². The Balaban J connectivity index is 1.41. The van der Waals surface area contributed by atoms with E-state index in [0.717, 1.165) is 47.8 Å². The molecule has 2 heterocycles. The quantitative estimate of drug-likeness (QED) is 0.572. The van der Waals surface area contributed by atoms with Crippen molar-refractivity contribution < 1.29 is 18.7 Å². The van der Waals surface area contributed by atoms with Crippen LogP contribution < -0.4 is 9.47 Å². The lowest BCUT2D eigenvalue weighted by Crippen LogP contribution is -2.40. The molecular weight excluding hydrogens is 392 g/mol. The molecule has 0 radical (unpaired) electrons. The minimum atomic E-state index is 0.106. The summed E-state index contributed by atoms with van der Waals surface area (Å²) in [5.74, 6) is 3.32. The number of aromatic nitrogens is 1. The summed E-state index contributed by atoms with van der Waals surface area (Å²) in [7, 11) is 3.30. The smallest absolute Gasteiger partial charge is 0.227 e. The van der Waals surface area contributed by atoms with Crippen molar-refractivity contribution >= 4 is 5.91 Å². The molecule has 0 aliphatic carbocycles. The van der Waals surface area contributed by atoms with Crippen LogP contribution in [0.5, 0.6) is 11.5 Å². The zero-order chi connectivity index (χ0) is 21.6. The fourth-order valence-electron chi connectivity index (χ4n) is 4.16. The number of rotatable bonds is 7. The van der Waals surface area contributed by atoms with Crippen LogP contribution >= 0.6 is 0 Å². The molecular formula is C25H28N2O4. The molecule has 1 atom stereocenters. The number of oxazole rings is 1. The topological polar surface area (TPSA) is 64.8 Å². The van der Waals surface area contributed by atoms with E-state index in [1.807, 2.05) is 53.4 Å². The van der Waals surface area contributed by atoms with Gasteiger partial charge in [0.25, 0.3) is 0 Å². The number of nitrogens with zero attached hydrogens (tertiary/aromatic N) is 2. The summed E-state index contributed by atoms with van der Waals surface area (Å²) in [5, 5.41) is 0. The largest absolute Gasteiger partial charge is 0.496 e. The van der Waals surface area contributed by atoms with Crippen molar-refractivity contribution in [3.05, 3.63) is 77.5 Å². The van der Waals surface area contributed by atoms with Gasteiger partial charge in [0.1, 0.15) is 17.3 Å². The maximum Gasteiger partial charge on any atom is 0.227 e. The van der Waals surface area contributed by atoms with Crippen LogP contribution in [0, 0.1) is 0 Å². The van der Waals surface area contributed by atoms with E-state index in [9.17, 15) is 4.79 Å². The molecule has 0 spiro atoms. The van der Waals surface area contributed by atoms with Gasteiger partial charge in [-0.15, -0.1) is 0 Å². The van der Waals surface area contributed by atoms with E-state index in [4.69, 9.17) is 13.9 Å². The summed E-state index contributed by atoms with van der Waals surface area (Å²) in [4.78, 5) is 19.4. The van der Waals surface area contributed by atoms with E-state index in [2.05, 4.69) is 4.98 Å². The summed E-state index contributed by atoms with van der Waals surface area (Å²) < 4.78 is 16.9. The van der Waals surface area contributed by atoms with E-state index in [1.165, 1.54) is 0 Å². The van der Waals surface area contributed by atoms with Gasteiger partial charge in [-0.05, 0) is 25.0 Å². The van der Waals surface area contributed by atoms with Gasteiger partial charge in [-0.2, -0.15) is 0 Å². The van der Waals surface area contributed by atoms with E-state index >= 15 is 0 Å². The van der Waals surface area contributed by atoms with E-state index in [1.54, 1.807) is 20.4 Å². The molecule has 1 saturated heterocycles. The van der Waals surface area contributed by atoms with Crippen LogP contribution in [0.3, 0.4) is 0 Å². The molecule has 3 aromatic rings. The lowest BCUT2D eigenvalue weighted by atomic mass is 9.97. The van der Waals surface area contributed by atoms with Crippen LogP contribution in [0.2, 0.25) is 0 Å². The van der Waals surface area contributed by atoms with Gasteiger partial charge in [-0.3, -0.25) is 4.79 Å². The third-order valence-electron chi connectivity index (χ3n) is 5.79. The Bertz CT molecular complexity index is 1030. The predicted molar refractivity (Wildman–Crippen MR) is 118 cm³/mol. The van der Waals surface area contributed by atoms with E-state index in [-0.39, 0.29) is 11.8 Å². The van der Waals surface area contributed by atoms with E-state index < -0.39 is 0 Å². The first-order valence-corrected chi connectivity index (χ1v) is 10.6. The number of carbonyl (C=O) groups excluding carboxylic acids is 1. The average molecular weight is 421 g/mol. The number of methoxy groups -OCH3 is 2. The van der Waals surface area contributed by atoms with Gasteiger partial charge >= 0.3 is 0 Å². The zero-order valence-corrected chi connectivity index (χ0v) is 18.0. The summed E-state index contributed by atoms with van der Waals surface area (Å²) in [6, 6.07) is 15.6. The number of hydrogen-bond acceptors (Lipinski definition) is 5. The monoisotopic (exact) mass is 420 g/mol. The van der Waals surface area contributed by atoms with Gasteiger partial charge in [0.15, 0.2) is 5.89 Å². The second-order valence-electron chi connectivity index (χ2n) is 7.82. The highest BCUT2D eigenvalue weighted by Crippen LogP contribution is 2.29. The number of likely N-dealkylation sites (tertiary alicyclic amines) is 1. The van der Waals surface area contributed by atoms with E-state index in [0.29, 0.717) is 25.3 Å². The van der Waals surface area contributed by atoms with Crippen LogP contribution in [-0.2, 0) is 17.6 Å². The molecule has 4 rings (SSSR count). The van der Waals surface area contributed by atoms with Crippen molar-refractivity contribution in [1.82, 2.24) is 9.88 Å². The van der Waals surface area contributed by atoms with Gasteiger partial charge < -0.3 is 18.8 Å². The van der Waals surface area contributed by atoms with Gasteiger partial charge in [0.2, 0.25) is 5.91 Å². The maximum atomic E-state index is 12.9. The molecule has 1 aromatic heterocycles. The SMILES string of the molecule is COc1ccccc1CC(=O)N1CCC[C@@H](c2ncc(Cc3ccccc3OC)o2)C1. The Morgan fingerprint density at radius 3 is 2.48 bits per heavy atom. The molecule has 2 aromatic carbocycles. The van der Waals surface area contributed by atoms with Crippen LogP contribution in [0.1, 0.15) is 41.5 Å². The number of para-hydroxylation sites is 2. The molecule has 1 aliphatic rings. The van der Waals surface area contributed by atoms with Crippen molar-refractivity contribution in [3.63, 3.8) is 0 Å². The summed E-state index contributed by atoms with van der Waals surface area (Å²) >= 11 is 0. The lowest BCUT2D eigenvalue weighted by molar-refractivity contribution is -0.131. The molecule has 0 unspecified atom stereocenters. The Kier molecular flexibility index (Phi) is 6.55. The van der Waals surface area contributed by atoms with Crippen molar-refractivity contribution in [2.45, 2.75) is 31.6 Å². The van der Waals surface area contributed by atoms with Gasteiger partial charge in [-0.25, -0.2) is 4.98 Å². The Morgan fingerprint density at radius 2 is 1.74 bits per heavy atom. The standard InChI is InChI=1S/C25H28N2O4/c1-29-22-11-5-3-8-18(22)14-21-16-26-25(31-21)20-10-7-13-27(17-20)24(28)15-19-9-4-6-12-23(19)30-2/h3-6,8-9,11-12,16,20H,7,10,13-15,17H2,1-2H3/t20-/m1/s1. The fraction of sp³-hybridized carbons (Fsp3) is 0.360. The van der Waals surface area contributed by atoms with Crippen molar-refractivity contribution in [3.8, 4) is 11.5 Å². The Labute approximate surface area is 182 Å². The zero-order valence-electron chi connectivity index (χ0n) is 18.0. The summed E-state index contributed by atoms with van der Waals surface area (Å²) in [6.07, 6.45) is 4.65. The number of piperidine rings is 1. The van der Waals surface area contributed by atoms with Gasteiger partial charge in [0, 0.05) is 30.6 Å². The minimum Gasteiger partial charge on any atom is -0.496 e. The molecule has 6 heteroatoms. The third kappa shape index (κ3) is 4.90. The molecule has 162 valence electrons. The first kappa shape index (κ1) is 21.0. The van der Waals surface area contributed by atoms with Crippen molar-refractivity contribution in [2.24, 2.45) is 0 Å². The first-order valence-electron chi connectivity index (χ1n) is 10.6. The van der Waals surface area contributed by atoms with Crippen LogP contribution in [0.15, 0.2) is 59.1 Å². The summed E-state index contributed by atoms with van der Waals surface area (Å²) in [6.45, 7) is 1.39. The number of benzene rings is 2. The number of carbonyl (C=O) groups is 1. The second kappa shape index (κ2) is 9.69. The third-order valence-corrected chi connectivity index (χ3v) is 5.79. The van der Waals surface area contributed by atoms with Gasteiger partial charge in [0.05, 0.1) is 32.8 Å². The average Bonchev–Trinajstić information content (AvgIpc) is 3.28. The Morgan fingerprint density at radius 1 is 1.06 bits per heavy atom. The highest BCUT2D eigenvalue weighted by atomic mass is 16.5. The highest BCUT2D eigenvalue weighted by Gasteiger charge is 2.28. The van der Waals surface area contributed by atoms with Crippen LogP contribution in [-0.4, -0.2) is 43.1 Å². The second-order valence-corrected chi connectivity index (χ2v) is 7.82. The normalized spacial score (nSPS) is 16.2. The molecule has 1 aliphatic heterocycles. The molecule has 0 N–H and O–H groups in total. The van der Waals surface area contributed by atoms with Gasteiger partial charge in [-0.1, -0.05) is 36.4 Å². The molecule has 0 saturated carbocycles. The number of ether oxygens (including phenoxy) is 2. The first-order chi connectivity index (χ1) is 15.2. The maximum absolute atomic E-state index is 12.9. The highest BCUT2D eigenvalue weighted by molar-refractivity contribution is 5.79. The van der Waals surface area contributed by atoms with Crippen molar-refractivity contribution in [1.29, 1.82) is 0 Å². The lowest BCUT2D eigenvalue weighted by Gasteiger charge is -2.31. The van der Waals surface area contributed by atoms with Crippen LogP contribution in [0.4, 0.5) is 0 Å².